The Kier molecular flexibility index (Phi) is 26.9. The van der Waals surface area contributed by atoms with Gasteiger partial charge >= 0.3 is 11.9 Å². The van der Waals surface area contributed by atoms with Crippen LogP contribution in [0.1, 0.15) is 200 Å². The number of unbranched alkanes of at least 4 members (excludes halogenated alkanes) is 13. The van der Waals surface area contributed by atoms with Crippen molar-refractivity contribution >= 4 is 47.0 Å². The topological polar surface area (TPSA) is 268 Å². The lowest BCUT2D eigenvalue weighted by atomic mass is 9.71. The van der Waals surface area contributed by atoms with E-state index in [2.05, 4.69) is 32.8 Å². The molecule has 8 N–H and O–H groups in total. The highest BCUT2D eigenvalue weighted by Crippen LogP contribution is 2.34. The molecule has 0 bridgehead atoms. The van der Waals surface area contributed by atoms with Gasteiger partial charge in [-0.25, -0.2) is 9.78 Å². The highest BCUT2D eigenvalue weighted by Gasteiger charge is 2.41. The zero-order valence-corrected chi connectivity index (χ0v) is 40.0. The fraction of sp³-hybridized carbons (Fsp3) is 0.771. The third-order valence-electron chi connectivity index (χ3n) is 12.1. The van der Waals surface area contributed by atoms with E-state index in [1.165, 1.54) is 78.0 Å². The van der Waals surface area contributed by atoms with Crippen LogP contribution in [0.3, 0.4) is 0 Å². The maximum absolute atomic E-state index is 13.5. The average Bonchev–Trinajstić information content (AvgIpc) is 3.72. The quantitative estimate of drug-likeness (QED) is 0.0315. The van der Waals surface area contributed by atoms with Gasteiger partial charge in [0.25, 0.3) is 0 Å². The van der Waals surface area contributed by atoms with Crippen LogP contribution in [-0.4, -0.2) is 91.4 Å². The minimum Gasteiger partial charge on any atom is -0.481 e. The van der Waals surface area contributed by atoms with Crippen LogP contribution in [0.15, 0.2) is 12.5 Å². The number of H-pyrrole nitrogens is 1. The van der Waals surface area contributed by atoms with Gasteiger partial charge in [-0.1, -0.05) is 118 Å². The van der Waals surface area contributed by atoms with Crippen molar-refractivity contribution < 1.29 is 52.8 Å². The largest absolute Gasteiger partial charge is 0.481 e. The fourth-order valence-corrected chi connectivity index (χ4v) is 7.40. The van der Waals surface area contributed by atoms with E-state index in [9.17, 15) is 48.6 Å². The normalized spacial score (nSPS) is 13.4. The van der Waals surface area contributed by atoms with Crippen LogP contribution in [0, 0.1) is 16.7 Å². The summed E-state index contributed by atoms with van der Waals surface area (Å²) in [5.74, 6) is -5.83. The Morgan fingerprint density at radius 1 is 0.688 bits per heavy atom. The van der Waals surface area contributed by atoms with Crippen molar-refractivity contribution in [3.8, 4) is 0 Å². The number of nitrogens with one attached hydrogen (secondary N) is 4. The number of carbonyl (C=O) groups is 8. The minimum absolute atomic E-state index is 0. The summed E-state index contributed by atoms with van der Waals surface area (Å²) in [6, 6.07) is -2.12. The number of nitrogens with two attached hydrogens (primary N) is 1. The van der Waals surface area contributed by atoms with E-state index in [4.69, 9.17) is 5.73 Å². The molecule has 1 aromatic heterocycles. The molecule has 16 heteroatoms. The van der Waals surface area contributed by atoms with E-state index in [1.807, 2.05) is 0 Å². The lowest BCUT2D eigenvalue weighted by molar-refractivity contribution is -0.146. The van der Waals surface area contributed by atoms with E-state index < -0.39 is 69.7 Å². The van der Waals surface area contributed by atoms with Crippen LogP contribution >= 0.6 is 0 Å². The number of carbonyl (C=O) groups excluding carboxylic acids is 6. The van der Waals surface area contributed by atoms with Crippen molar-refractivity contribution in [2.75, 3.05) is 6.54 Å². The van der Waals surface area contributed by atoms with Gasteiger partial charge in [0.2, 0.25) is 17.7 Å². The molecule has 0 aliphatic carbocycles. The van der Waals surface area contributed by atoms with Crippen LogP contribution in [0.2, 0.25) is 0 Å². The van der Waals surface area contributed by atoms with Crippen LogP contribution in [0.25, 0.3) is 0 Å². The molecule has 64 heavy (non-hydrogen) atoms. The molecule has 0 saturated carbocycles. The van der Waals surface area contributed by atoms with Crippen molar-refractivity contribution in [3.05, 3.63) is 18.2 Å². The van der Waals surface area contributed by atoms with Crippen molar-refractivity contribution in [1.82, 2.24) is 25.9 Å². The third kappa shape index (κ3) is 24.0. The Morgan fingerprint density at radius 3 is 1.77 bits per heavy atom. The number of nitrogens with zero attached hydrogens (tertiary/aromatic N) is 1. The summed E-state index contributed by atoms with van der Waals surface area (Å²) < 4.78 is 0. The Bertz CT molecular complexity index is 1640. The molecule has 0 aliphatic rings. The SMILES string of the molecule is CCCCCCCCCCCCCCCC(=O)N[C@@H](CCC(=O)NCCCC[C@H](CC(=O)C(C)(C)CC(=O)C(C)(C)CC(=O)C(C)(C)NC(=O)[C@@H](N)Cc1cnc[nH]1)C(=O)O)C(=O)O.[HH].[HH].[HH]. The Hall–Kier alpha value is -4.47. The van der Waals surface area contributed by atoms with Crippen molar-refractivity contribution in [3.63, 3.8) is 0 Å². The molecule has 0 spiro atoms. The summed E-state index contributed by atoms with van der Waals surface area (Å²) in [5.41, 5.74) is 2.94. The fourth-order valence-electron chi connectivity index (χ4n) is 7.40. The van der Waals surface area contributed by atoms with Gasteiger partial charge < -0.3 is 36.9 Å². The first-order valence-electron chi connectivity index (χ1n) is 23.7. The monoisotopic (exact) mass is 909 g/mol. The Balaban J connectivity index is -0.0000137. The summed E-state index contributed by atoms with van der Waals surface area (Å²) >= 11 is 0. The van der Waals surface area contributed by atoms with Crippen LogP contribution in [-0.2, 0) is 44.8 Å². The van der Waals surface area contributed by atoms with Gasteiger partial charge in [-0.3, -0.25) is 33.6 Å². The first-order chi connectivity index (χ1) is 30.0. The molecular formula is C48H88N6O10. The lowest BCUT2D eigenvalue weighted by Crippen LogP contribution is -2.56. The smallest absolute Gasteiger partial charge is 0.326 e. The molecule has 3 atom stereocenters. The van der Waals surface area contributed by atoms with E-state index in [-0.39, 0.29) is 73.9 Å². The molecule has 0 saturated heterocycles. The number of Topliss-reactive ketones (excluding diaryl/α,β-unsaturated/α-hetero) is 3. The van der Waals surface area contributed by atoms with Crippen molar-refractivity contribution in [2.45, 2.75) is 214 Å². The standard InChI is InChI=1S/C48H82N6O10.3H2/c1-8-9-10-11-12-13-14-15-16-17-18-19-20-24-42(59)53-37(45(63)64)25-26-41(58)51-27-22-21-23-34(44(61)62)28-38(55)46(2,3)30-39(56)47(4,5)31-40(57)48(6,7)54-43(60)36(49)29-35-32-50-33-52-35;;;/h32-34,36-37H,8-31,49H2,1-7H3,(H,50,52)(H,51,58)(H,53,59)(H,54,60)(H,61,62)(H,63,64);3*1H/t34-,36+,37+;;;/m1.../s1. The van der Waals surface area contributed by atoms with E-state index in [0.29, 0.717) is 25.0 Å². The van der Waals surface area contributed by atoms with Crippen LogP contribution in [0.5, 0.6) is 0 Å². The molecule has 1 rings (SSSR count). The first-order valence-corrected chi connectivity index (χ1v) is 23.7. The number of amides is 3. The lowest BCUT2D eigenvalue weighted by Gasteiger charge is -2.33. The summed E-state index contributed by atoms with van der Waals surface area (Å²) in [6.07, 6.45) is 18.8. The number of carboxylic acids is 2. The zero-order valence-electron chi connectivity index (χ0n) is 40.0. The van der Waals surface area contributed by atoms with Gasteiger partial charge in [0.1, 0.15) is 17.6 Å². The molecule has 1 heterocycles. The number of aliphatic carboxylic acids is 2. The predicted molar refractivity (Wildman–Crippen MR) is 252 cm³/mol. The predicted octanol–water partition coefficient (Wildman–Crippen LogP) is 7.66. The van der Waals surface area contributed by atoms with E-state index >= 15 is 0 Å². The Labute approximate surface area is 386 Å². The van der Waals surface area contributed by atoms with Crippen LogP contribution in [0.4, 0.5) is 0 Å². The highest BCUT2D eigenvalue weighted by molar-refractivity contribution is 5.99. The molecule has 0 aromatic carbocycles. The van der Waals surface area contributed by atoms with Crippen molar-refractivity contribution in [1.29, 1.82) is 0 Å². The third-order valence-corrected chi connectivity index (χ3v) is 12.1. The van der Waals surface area contributed by atoms with Gasteiger partial charge in [-0.05, 0) is 39.5 Å². The minimum atomic E-state index is -1.34. The van der Waals surface area contributed by atoms with Gasteiger partial charge in [-0.15, -0.1) is 0 Å². The van der Waals surface area contributed by atoms with E-state index in [1.54, 1.807) is 33.9 Å². The molecule has 0 radical (unpaired) electrons. The molecule has 3 amide bonds. The summed E-state index contributed by atoms with van der Waals surface area (Å²) in [6.45, 7) is 11.9. The molecular weight excluding hydrogens is 821 g/mol. The molecule has 1 aromatic rings. The maximum Gasteiger partial charge on any atom is 0.326 e. The molecule has 16 nitrogen and oxygen atoms in total. The second-order valence-electron chi connectivity index (χ2n) is 19.5. The average molecular weight is 909 g/mol. The van der Waals surface area contributed by atoms with Crippen molar-refractivity contribution in [2.24, 2.45) is 22.5 Å². The summed E-state index contributed by atoms with van der Waals surface area (Å²) in [4.78, 5) is 109. The summed E-state index contributed by atoms with van der Waals surface area (Å²) in [7, 11) is 0. The second kappa shape index (κ2) is 29.9. The number of ketones is 3. The maximum atomic E-state index is 13.5. The number of aromatic amines is 1. The number of hydrogen-bond donors (Lipinski definition) is 7. The highest BCUT2D eigenvalue weighted by atomic mass is 16.4. The van der Waals surface area contributed by atoms with Gasteiger partial charge in [0, 0.05) is 72.1 Å². The molecule has 0 aliphatic heterocycles. The molecule has 370 valence electrons. The zero-order chi connectivity index (χ0) is 48.3. The number of imidazole rings is 1. The second-order valence-corrected chi connectivity index (χ2v) is 19.5. The number of hydrogen-bond acceptors (Lipinski definition) is 10. The summed E-state index contributed by atoms with van der Waals surface area (Å²) in [5, 5.41) is 27.4. The van der Waals surface area contributed by atoms with Crippen LogP contribution < -0.4 is 21.7 Å². The molecule has 0 unspecified atom stereocenters. The number of aromatic nitrogens is 2. The Morgan fingerprint density at radius 2 is 1.23 bits per heavy atom. The van der Waals surface area contributed by atoms with Gasteiger partial charge in [0.05, 0.1) is 23.8 Å². The van der Waals surface area contributed by atoms with E-state index in [0.717, 1.165) is 19.3 Å². The first kappa shape index (κ1) is 57.5. The van der Waals surface area contributed by atoms with Gasteiger partial charge in [0.15, 0.2) is 5.78 Å². The number of rotatable bonds is 38. The van der Waals surface area contributed by atoms with Gasteiger partial charge in [-0.2, -0.15) is 0 Å². The molecule has 0 fully saturated rings. The number of carboxylic acid groups (broad SMARTS) is 2.